The van der Waals surface area contributed by atoms with Crippen molar-refractivity contribution in [2.24, 2.45) is 0 Å². The Hall–Kier alpha value is -2.05. The maximum Gasteiger partial charge on any atom is 0.262 e. The van der Waals surface area contributed by atoms with E-state index in [1.54, 1.807) is 18.2 Å². The van der Waals surface area contributed by atoms with E-state index in [0.717, 1.165) is 17.4 Å². The van der Waals surface area contributed by atoms with Gasteiger partial charge in [0.25, 0.3) is 5.91 Å². The van der Waals surface area contributed by atoms with Gasteiger partial charge in [-0.1, -0.05) is 23.7 Å². The fraction of sp³-hybridized carbons (Fsp3) is 0.235. The van der Waals surface area contributed by atoms with Crippen molar-refractivity contribution in [3.63, 3.8) is 0 Å². The molecule has 0 heterocycles. The largest absolute Gasteiger partial charge is 0.484 e. The highest BCUT2D eigenvalue weighted by molar-refractivity contribution is 7.90. The highest BCUT2D eigenvalue weighted by Gasteiger charge is 2.12. The maximum absolute atomic E-state index is 12.0. The molecule has 2 aromatic carbocycles. The van der Waals surface area contributed by atoms with Gasteiger partial charge in [0.1, 0.15) is 5.75 Å². The van der Waals surface area contributed by atoms with Gasteiger partial charge in [-0.2, -0.15) is 0 Å². The van der Waals surface area contributed by atoms with E-state index >= 15 is 0 Å². The monoisotopic (exact) mass is 367 g/mol. The van der Waals surface area contributed by atoms with Gasteiger partial charge in [-0.05, 0) is 49.2 Å². The van der Waals surface area contributed by atoms with Crippen LogP contribution in [0.2, 0.25) is 5.02 Å². The molecule has 0 fully saturated rings. The third kappa shape index (κ3) is 4.72. The summed E-state index contributed by atoms with van der Waals surface area (Å²) in [6.07, 6.45) is 1.11. The molecule has 1 amide bonds. The molecule has 0 radical (unpaired) electrons. The Morgan fingerprint density at radius 3 is 2.54 bits per heavy atom. The molecular formula is C17H18ClNO4S. The van der Waals surface area contributed by atoms with Crippen LogP contribution in [0.5, 0.6) is 5.75 Å². The number of halogens is 1. The van der Waals surface area contributed by atoms with Crippen LogP contribution in [0.25, 0.3) is 0 Å². The van der Waals surface area contributed by atoms with Gasteiger partial charge >= 0.3 is 0 Å². The average molecular weight is 368 g/mol. The first kappa shape index (κ1) is 18.3. The summed E-state index contributed by atoms with van der Waals surface area (Å²) in [5.74, 6) is -0.0755. The van der Waals surface area contributed by atoms with Crippen LogP contribution in [0.15, 0.2) is 41.3 Å². The number of anilines is 1. The smallest absolute Gasteiger partial charge is 0.262 e. The van der Waals surface area contributed by atoms with E-state index in [0.29, 0.717) is 16.5 Å². The summed E-state index contributed by atoms with van der Waals surface area (Å²) in [6.45, 7) is 3.52. The first-order valence-corrected chi connectivity index (χ1v) is 9.43. The van der Waals surface area contributed by atoms with Crippen LogP contribution >= 0.6 is 11.6 Å². The summed E-state index contributed by atoms with van der Waals surface area (Å²) >= 11 is 6.14. The molecule has 0 bridgehead atoms. The van der Waals surface area contributed by atoms with Crippen LogP contribution in [0.4, 0.5) is 5.69 Å². The molecule has 0 aliphatic carbocycles. The Labute approximate surface area is 146 Å². The number of carbonyl (C=O) groups is 1. The van der Waals surface area contributed by atoms with Crippen molar-refractivity contribution < 1.29 is 17.9 Å². The van der Waals surface area contributed by atoms with Gasteiger partial charge in [0.2, 0.25) is 0 Å². The standard InChI is InChI=1S/C17H18ClNO4S/c1-11-7-12(2)17(15(18)8-11)19-16(20)10-23-13-5-4-6-14(9-13)24(3,21)22/h4-9H,10H2,1-3H3,(H,19,20). The molecule has 0 aliphatic rings. The van der Waals surface area contributed by atoms with E-state index in [1.165, 1.54) is 12.1 Å². The molecule has 24 heavy (non-hydrogen) atoms. The van der Waals surface area contributed by atoms with Crippen LogP contribution < -0.4 is 10.1 Å². The Balaban J connectivity index is 2.05. The molecule has 5 nitrogen and oxygen atoms in total. The number of ether oxygens (including phenoxy) is 1. The van der Waals surface area contributed by atoms with Gasteiger partial charge in [0.15, 0.2) is 16.4 Å². The number of hydrogen-bond donors (Lipinski definition) is 1. The van der Waals surface area contributed by atoms with Crippen LogP contribution in [0.3, 0.4) is 0 Å². The Morgan fingerprint density at radius 1 is 1.21 bits per heavy atom. The van der Waals surface area contributed by atoms with E-state index in [-0.39, 0.29) is 17.4 Å². The quantitative estimate of drug-likeness (QED) is 0.879. The summed E-state index contributed by atoms with van der Waals surface area (Å²) in [6, 6.07) is 9.68. The van der Waals surface area contributed by atoms with Gasteiger partial charge in [-0.25, -0.2) is 8.42 Å². The van der Waals surface area contributed by atoms with E-state index in [9.17, 15) is 13.2 Å². The Bertz CT molecular complexity index is 855. The number of amides is 1. The third-order valence-electron chi connectivity index (χ3n) is 3.30. The molecule has 1 N–H and O–H groups in total. The molecule has 2 rings (SSSR count). The molecular weight excluding hydrogens is 350 g/mol. The summed E-state index contributed by atoms with van der Waals surface area (Å²) in [5, 5.41) is 3.16. The number of carbonyl (C=O) groups excluding carboxylic acids is 1. The maximum atomic E-state index is 12.0. The highest BCUT2D eigenvalue weighted by atomic mass is 35.5. The average Bonchev–Trinajstić information content (AvgIpc) is 2.48. The van der Waals surface area contributed by atoms with Crippen molar-refractivity contribution in [2.45, 2.75) is 18.7 Å². The van der Waals surface area contributed by atoms with Crippen LogP contribution in [0, 0.1) is 13.8 Å². The molecule has 0 saturated heterocycles. The van der Waals surface area contributed by atoms with Crippen LogP contribution in [0.1, 0.15) is 11.1 Å². The second-order valence-electron chi connectivity index (χ2n) is 5.52. The van der Waals surface area contributed by atoms with Crippen molar-refractivity contribution in [3.05, 3.63) is 52.5 Å². The highest BCUT2D eigenvalue weighted by Crippen LogP contribution is 2.27. The van der Waals surface area contributed by atoms with E-state index in [2.05, 4.69) is 5.32 Å². The lowest BCUT2D eigenvalue weighted by molar-refractivity contribution is -0.118. The Kier molecular flexibility index (Phi) is 5.51. The molecule has 0 saturated carbocycles. The zero-order valence-corrected chi connectivity index (χ0v) is 15.2. The van der Waals surface area contributed by atoms with Gasteiger partial charge < -0.3 is 10.1 Å². The second-order valence-corrected chi connectivity index (χ2v) is 7.95. The molecule has 0 aromatic heterocycles. The number of rotatable bonds is 5. The fourth-order valence-corrected chi connectivity index (χ4v) is 3.22. The van der Waals surface area contributed by atoms with Crippen LogP contribution in [-0.4, -0.2) is 27.2 Å². The van der Waals surface area contributed by atoms with Crippen molar-refractivity contribution in [1.29, 1.82) is 0 Å². The van der Waals surface area contributed by atoms with E-state index in [1.807, 2.05) is 19.9 Å². The number of benzene rings is 2. The van der Waals surface area contributed by atoms with Gasteiger partial charge in [-0.15, -0.1) is 0 Å². The van der Waals surface area contributed by atoms with E-state index in [4.69, 9.17) is 16.3 Å². The predicted molar refractivity (Wildman–Crippen MR) is 94.6 cm³/mol. The second kappa shape index (κ2) is 7.23. The molecule has 0 spiro atoms. The molecule has 128 valence electrons. The lowest BCUT2D eigenvalue weighted by Crippen LogP contribution is -2.21. The minimum absolute atomic E-state index is 0.137. The van der Waals surface area contributed by atoms with Crippen molar-refractivity contribution in [3.8, 4) is 5.75 Å². The molecule has 2 aromatic rings. The fourth-order valence-electron chi connectivity index (χ4n) is 2.19. The topological polar surface area (TPSA) is 72.5 Å². The normalized spacial score (nSPS) is 11.2. The number of aryl methyl sites for hydroxylation is 2. The predicted octanol–water partition coefficient (Wildman–Crippen LogP) is 3.38. The van der Waals surface area contributed by atoms with Crippen molar-refractivity contribution in [1.82, 2.24) is 0 Å². The third-order valence-corrected chi connectivity index (χ3v) is 4.71. The first-order chi connectivity index (χ1) is 11.2. The summed E-state index contributed by atoms with van der Waals surface area (Å²) in [4.78, 5) is 12.2. The summed E-state index contributed by atoms with van der Waals surface area (Å²) < 4.78 is 28.4. The first-order valence-electron chi connectivity index (χ1n) is 7.16. The lowest BCUT2D eigenvalue weighted by Gasteiger charge is -2.12. The number of nitrogens with one attached hydrogen (secondary N) is 1. The Morgan fingerprint density at radius 2 is 1.92 bits per heavy atom. The summed E-state index contributed by atoms with van der Waals surface area (Å²) in [7, 11) is -3.33. The van der Waals surface area contributed by atoms with Crippen molar-refractivity contribution in [2.75, 3.05) is 18.2 Å². The molecule has 0 aliphatic heterocycles. The molecule has 0 atom stereocenters. The zero-order chi connectivity index (χ0) is 17.9. The molecule has 7 heteroatoms. The zero-order valence-electron chi connectivity index (χ0n) is 13.6. The molecule has 0 unspecified atom stereocenters. The number of sulfone groups is 1. The summed E-state index contributed by atoms with van der Waals surface area (Å²) in [5.41, 5.74) is 2.40. The minimum atomic E-state index is -3.33. The number of hydrogen-bond acceptors (Lipinski definition) is 4. The van der Waals surface area contributed by atoms with Crippen molar-refractivity contribution >= 4 is 33.0 Å². The van der Waals surface area contributed by atoms with Gasteiger partial charge in [0.05, 0.1) is 15.6 Å². The van der Waals surface area contributed by atoms with Gasteiger partial charge in [0, 0.05) is 6.26 Å². The lowest BCUT2D eigenvalue weighted by atomic mass is 10.1. The van der Waals surface area contributed by atoms with Crippen LogP contribution in [-0.2, 0) is 14.6 Å². The van der Waals surface area contributed by atoms with Gasteiger partial charge in [-0.3, -0.25) is 4.79 Å². The van der Waals surface area contributed by atoms with E-state index < -0.39 is 9.84 Å². The SMILES string of the molecule is Cc1cc(C)c(NC(=O)COc2cccc(S(C)(=O)=O)c2)c(Cl)c1. The minimum Gasteiger partial charge on any atom is -0.484 e.